The molecule has 3 aromatic carbocycles. The van der Waals surface area contributed by atoms with Gasteiger partial charge in [-0.05, 0) is 48.5 Å². The van der Waals surface area contributed by atoms with E-state index in [1.165, 1.54) is 25.3 Å². The first-order valence-electron chi connectivity index (χ1n) is 7.85. The van der Waals surface area contributed by atoms with Crippen LogP contribution in [-0.2, 0) is 0 Å². The van der Waals surface area contributed by atoms with E-state index in [0.29, 0.717) is 22.3 Å². The molecule has 0 fully saturated rings. The number of halogens is 3. The minimum absolute atomic E-state index is 0.150. The third kappa shape index (κ3) is 4.51. The number of carbonyl (C=O) groups is 1. The van der Waals surface area contributed by atoms with Crippen LogP contribution < -0.4 is 14.8 Å². The van der Waals surface area contributed by atoms with Crippen molar-refractivity contribution in [2.45, 2.75) is 0 Å². The molecule has 0 saturated heterocycles. The summed E-state index contributed by atoms with van der Waals surface area (Å²) in [5.74, 6) is -0.0823. The first-order valence-corrected chi connectivity index (χ1v) is 8.60. The zero-order valence-corrected chi connectivity index (χ0v) is 15.6. The summed E-state index contributed by atoms with van der Waals surface area (Å²) in [7, 11) is 1.52. The molecule has 4 nitrogen and oxygen atoms in total. The molecule has 1 amide bonds. The minimum atomic E-state index is -0.728. The molecule has 3 rings (SSSR count). The van der Waals surface area contributed by atoms with E-state index in [1.54, 1.807) is 36.4 Å². The lowest BCUT2D eigenvalue weighted by Crippen LogP contribution is -2.14. The summed E-state index contributed by atoms with van der Waals surface area (Å²) in [5.41, 5.74) is 0.135. The van der Waals surface area contributed by atoms with Crippen LogP contribution in [0.5, 0.6) is 17.2 Å². The number of hydrogen-bond donors (Lipinski definition) is 1. The Bertz CT molecular complexity index is 995. The minimum Gasteiger partial charge on any atom is -0.493 e. The standard InChI is InChI=1S/C20H14Cl2FNO3/c1-26-18-4-2-3-5-19(18)27-17-9-7-13(22)11-16(17)24-20(25)14-8-6-12(21)10-15(14)23/h2-11H,1H3,(H,24,25). The van der Waals surface area contributed by atoms with Crippen molar-refractivity contribution in [3.63, 3.8) is 0 Å². The molecular formula is C20H14Cl2FNO3. The van der Waals surface area contributed by atoms with Gasteiger partial charge in [0.25, 0.3) is 5.91 Å². The van der Waals surface area contributed by atoms with Gasteiger partial charge in [0.05, 0.1) is 18.4 Å². The molecule has 0 aliphatic rings. The summed E-state index contributed by atoms with van der Waals surface area (Å²) in [4.78, 5) is 12.5. The lowest BCUT2D eigenvalue weighted by molar-refractivity contribution is 0.102. The van der Waals surface area contributed by atoms with Gasteiger partial charge in [0.2, 0.25) is 0 Å². The molecule has 0 aliphatic heterocycles. The van der Waals surface area contributed by atoms with Crippen molar-refractivity contribution < 1.29 is 18.7 Å². The molecule has 0 unspecified atom stereocenters. The summed E-state index contributed by atoms with van der Waals surface area (Å²) in [6.45, 7) is 0. The Morgan fingerprint density at radius 1 is 0.926 bits per heavy atom. The van der Waals surface area contributed by atoms with E-state index in [-0.39, 0.29) is 16.3 Å². The molecule has 0 saturated carbocycles. The molecule has 0 heterocycles. The Morgan fingerprint density at radius 3 is 2.30 bits per heavy atom. The molecule has 138 valence electrons. The third-order valence-electron chi connectivity index (χ3n) is 3.65. The van der Waals surface area contributed by atoms with E-state index in [4.69, 9.17) is 32.7 Å². The number of ether oxygens (including phenoxy) is 2. The van der Waals surface area contributed by atoms with Gasteiger partial charge in [-0.15, -0.1) is 0 Å². The summed E-state index contributed by atoms with van der Waals surface area (Å²) >= 11 is 11.8. The molecule has 7 heteroatoms. The van der Waals surface area contributed by atoms with E-state index in [1.807, 2.05) is 0 Å². The van der Waals surface area contributed by atoms with Crippen LogP contribution in [0, 0.1) is 5.82 Å². The smallest absolute Gasteiger partial charge is 0.258 e. The van der Waals surface area contributed by atoms with Gasteiger partial charge >= 0.3 is 0 Å². The number of rotatable bonds is 5. The largest absolute Gasteiger partial charge is 0.493 e. The molecule has 3 aromatic rings. The number of methoxy groups -OCH3 is 1. The van der Waals surface area contributed by atoms with Crippen molar-refractivity contribution in [2.24, 2.45) is 0 Å². The Labute approximate surface area is 165 Å². The fourth-order valence-corrected chi connectivity index (χ4v) is 2.70. The first-order chi connectivity index (χ1) is 13.0. The van der Waals surface area contributed by atoms with Gasteiger partial charge in [-0.25, -0.2) is 4.39 Å². The van der Waals surface area contributed by atoms with Crippen molar-refractivity contribution in [3.8, 4) is 17.2 Å². The van der Waals surface area contributed by atoms with Crippen LogP contribution in [0.15, 0.2) is 60.7 Å². The number of nitrogens with one attached hydrogen (secondary N) is 1. The number of para-hydroxylation sites is 2. The highest BCUT2D eigenvalue weighted by atomic mass is 35.5. The Morgan fingerprint density at radius 2 is 1.59 bits per heavy atom. The SMILES string of the molecule is COc1ccccc1Oc1ccc(Cl)cc1NC(=O)c1ccc(Cl)cc1F. The van der Waals surface area contributed by atoms with Crippen LogP contribution in [0.4, 0.5) is 10.1 Å². The summed E-state index contributed by atoms with van der Waals surface area (Å²) in [5, 5.41) is 3.20. The Balaban J connectivity index is 1.91. The Kier molecular flexibility index (Phi) is 5.84. The second-order valence-corrected chi connectivity index (χ2v) is 6.34. The van der Waals surface area contributed by atoms with Crippen LogP contribution in [-0.4, -0.2) is 13.0 Å². The number of amides is 1. The zero-order valence-electron chi connectivity index (χ0n) is 14.1. The molecule has 0 bridgehead atoms. The van der Waals surface area contributed by atoms with Gasteiger partial charge in [-0.1, -0.05) is 35.3 Å². The van der Waals surface area contributed by atoms with Crippen LogP contribution in [0.3, 0.4) is 0 Å². The van der Waals surface area contributed by atoms with Crippen molar-refractivity contribution in [3.05, 3.63) is 82.1 Å². The van der Waals surface area contributed by atoms with E-state index in [2.05, 4.69) is 5.32 Å². The van der Waals surface area contributed by atoms with Crippen molar-refractivity contribution in [2.75, 3.05) is 12.4 Å². The quantitative estimate of drug-likeness (QED) is 0.550. The van der Waals surface area contributed by atoms with E-state index in [9.17, 15) is 9.18 Å². The topological polar surface area (TPSA) is 47.6 Å². The second kappa shape index (κ2) is 8.29. The lowest BCUT2D eigenvalue weighted by atomic mass is 10.2. The predicted octanol–water partition coefficient (Wildman–Crippen LogP) is 6.19. The van der Waals surface area contributed by atoms with Gasteiger partial charge in [0.15, 0.2) is 17.2 Å². The van der Waals surface area contributed by atoms with Gasteiger partial charge in [-0.2, -0.15) is 0 Å². The molecule has 0 aromatic heterocycles. The van der Waals surface area contributed by atoms with Crippen LogP contribution in [0.25, 0.3) is 0 Å². The highest BCUT2D eigenvalue weighted by molar-refractivity contribution is 6.31. The molecule has 0 spiro atoms. The first kappa shape index (κ1) is 19.0. The molecule has 0 radical (unpaired) electrons. The normalized spacial score (nSPS) is 10.4. The lowest BCUT2D eigenvalue weighted by Gasteiger charge is -2.15. The van der Waals surface area contributed by atoms with Gasteiger partial charge < -0.3 is 14.8 Å². The predicted molar refractivity (Wildman–Crippen MR) is 104 cm³/mol. The second-order valence-electron chi connectivity index (χ2n) is 5.47. The van der Waals surface area contributed by atoms with Gasteiger partial charge in [0.1, 0.15) is 5.82 Å². The number of carbonyl (C=O) groups excluding carboxylic acids is 1. The summed E-state index contributed by atoms with van der Waals surface area (Å²) in [6, 6.07) is 15.6. The molecule has 0 atom stereocenters. The number of anilines is 1. The highest BCUT2D eigenvalue weighted by Crippen LogP contribution is 2.36. The van der Waals surface area contributed by atoms with E-state index < -0.39 is 11.7 Å². The van der Waals surface area contributed by atoms with Crippen molar-refractivity contribution in [1.29, 1.82) is 0 Å². The molecular weight excluding hydrogens is 392 g/mol. The summed E-state index contributed by atoms with van der Waals surface area (Å²) in [6.07, 6.45) is 0. The van der Waals surface area contributed by atoms with Crippen molar-refractivity contribution >= 4 is 34.8 Å². The monoisotopic (exact) mass is 405 g/mol. The van der Waals surface area contributed by atoms with Crippen LogP contribution in [0.1, 0.15) is 10.4 Å². The van der Waals surface area contributed by atoms with Crippen molar-refractivity contribution in [1.82, 2.24) is 0 Å². The summed E-state index contributed by atoms with van der Waals surface area (Å²) < 4.78 is 25.1. The molecule has 27 heavy (non-hydrogen) atoms. The highest BCUT2D eigenvalue weighted by Gasteiger charge is 2.16. The number of hydrogen-bond acceptors (Lipinski definition) is 3. The molecule has 1 N–H and O–H groups in total. The maximum atomic E-state index is 14.0. The fourth-order valence-electron chi connectivity index (χ4n) is 2.37. The van der Waals surface area contributed by atoms with E-state index >= 15 is 0 Å². The Hall–Kier alpha value is -2.76. The van der Waals surface area contributed by atoms with Crippen LogP contribution in [0.2, 0.25) is 10.0 Å². The maximum absolute atomic E-state index is 14.0. The van der Waals surface area contributed by atoms with Crippen LogP contribution >= 0.6 is 23.2 Å². The zero-order chi connectivity index (χ0) is 19.4. The average Bonchev–Trinajstić information content (AvgIpc) is 2.64. The molecule has 0 aliphatic carbocycles. The van der Waals surface area contributed by atoms with E-state index in [0.717, 1.165) is 6.07 Å². The third-order valence-corrected chi connectivity index (χ3v) is 4.12. The number of benzene rings is 3. The fraction of sp³-hybridized carbons (Fsp3) is 0.0500. The van der Waals surface area contributed by atoms with Gasteiger partial charge in [-0.3, -0.25) is 4.79 Å². The average molecular weight is 406 g/mol. The van der Waals surface area contributed by atoms with Gasteiger partial charge in [0, 0.05) is 10.0 Å². The maximum Gasteiger partial charge on any atom is 0.258 e.